The molecule has 5 N–H and O–H groups in total. The first-order valence-corrected chi connectivity index (χ1v) is 16.2. The van der Waals surface area contributed by atoms with Gasteiger partial charge in [-0.3, -0.25) is 4.79 Å². The summed E-state index contributed by atoms with van der Waals surface area (Å²) in [6.07, 6.45) is 27.7. The molecule has 4 unspecified atom stereocenters. The van der Waals surface area contributed by atoms with Gasteiger partial charge >= 0.3 is 0 Å². The molecule has 0 bridgehead atoms. The van der Waals surface area contributed by atoms with Crippen LogP contribution in [-0.2, 0) is 4.79 Å². The zero-order valence-corrected chi connectivity index (χ0v) is 25.4. The Hall–Kier alpha value is -1.21. The normalized spacial score (nSPS) is 15.1. The first kappa shape index (κ1) is 37.8. The number of allylic oxidation sites excluding steroid dienone is 4. The molecule has 4 atom stereocenters. The summed E-state index contributed by atoms with van der Waals surface area (Å²) >= 11 is 0. The number of nitrogens with one attached hydrogen (secondary N) is 1. The van der Waals surface area contributed by atoms with E-state index in [1.54, 1.807) is 0 Å². The Morgan fingerprint density at radius 2 is 1.05 bits per heavy atom. The Morgan fingerprint density at radius 3 is 1.54 bits per heavy atom. The van der Waals surface area contributed by atoms with Gasteiger partial charge in [-0.25, -0.2) is 0 Å². The van der Waals surface area contributed by atoms with E-state index in [2.05, 4.69) is 43.5 Å². The topological polar surface area (TPSA) is 110 Å². The molecule has 0 aliphatic heterocycles. The molecule has 0 aliphatic rings. The van der Waals surface area contributed by atoms with E-state index in [0.29, 0.717) is 19.3 Å². The molecule has 0 saturated carbocycles. The van der Waals surface area contributed by atoms with Crippen LogP contribution in [0.25, 0.3) is 0 Å². The summed E-state index contributed by atoms with van der Waals surface area (Å²) in [4.78, 5) is 12.4. The lowest BCUT2D eigenvalue weighted by molar-refractivity contribution is -0.132. The van der Waals surface area contributed by atoms with E-state index in [9.17, 15) is 25.2 Å². The van der Waals surface area contributed by atoms with Crippen molar-refractivity contribution >= 4 is 5.91 Å². The van der Waals surface area contributed by atoms with Crippen LogP contribution in [0.3, 0.4) is 0 Å². The van der Waals surface area contributed by atoms with Gasteiger partial charge in [0.1, 0.15) is 12.2 Å². The molecule has 0 spiro atoms. The Balaban J connectivity index is 3.92. The van der Waals surface area contributed by atoms with Crippen LogP contribution in [0.5, 0.6) is 0 Å². The predicted molar refractivity (Wildman–Crippen MR) is 164 cm³/mol. The lowest BCUT2D eigenvalue weighted by Gasteiger charge is -2.27. The van der Waals surface area contributed by atoms with Gasteiger partial charge in [-0.1, -0.05) is 109 Å². The van der Waals surface area contributed by atoms with Crippen LogP contribution in [0.15, 0.2) is 24.3 Å². The van der Waals surface area contributed by atoms with Crippen LogP contribution in [0.1, 0.15) is 149 Å². The quantitative estimate of drug-likeness (QED) is 0.0535. The van der Waals surface area contributed by atoms with Gasteiger partial charge in [0.25, 0.3) is 0 Å². The average molecular weight is 554 g/mol. The number of aliphatic hydroxyl groups excluding tert-OH is 4. The maximum absolute atomic E-state index is 12.4. The number of rotatable bonds is 28. The van der Waals surface area contributed by atoms with Gasteiger partial charge in [0.2, 0.25) is 5.91 Å². The van der Waals surface area contributed by atoms with Crippen molar-refractivity contribution in [2.75, 3.05) is 6.61 Å². The van der Waals surface area contributed by atoms with Crippen molar-refractivity contribution < 1.29 is 25.2 Å². The first-order valence-electron chi connectivity index (χ1n) is 16.2. The van der Waals surface area contributed by atoms with Gasteiger partial charge in [-0.2, -0.15) is 0 Å². The van der Waals surface area contributed by atoms with Crippen molar-refractivity contribution in [3.05, 3.63) is 24.3 Å². The fourth-order valence-corrected chi connectivity index (χ4v) is 4.69. The standard InChI is InChI=1S/C33H63NO5/c1-3-5-7-9-11-13-14-15-16-17-19-21-23-25-27-31(37)33(39)34-29(28-35)32(38)30(36)26-24-22-20-18-12-10-8-6-4-2/h13-14,18,20,29-32,35-38H,3-12,15-17,19,21-28H2,1-2H3,(H,34,39)/b14-13-,20-18+. The summed E-state index contributed by atoms with van der Waals surface area (Å²) in [7, 11) is 0. The van der Waals surface area contributed by atoms with E-state index in [1.807, 2.05) is 0 Å². The van der Waals surface area contributed by atoms with Gasteiger partial charge in [0, 0.05) is 0 Å². The van der Waals surface area contributed by atoms with E-state index >= 15 is 0 Å². The number of unbranched alkanes of at least 4 members (excludes halogenated alkanes) is 15. The van der Waals surface area contributed by atoms with Crippen LogP contribution in [0, 0.1) is 0 Å². The second kappa shape index (κ2) is 28.3. The fraction of sp³-hybridized carbons (Fsp3) is 0.848. The highest BCUT2D eigenvalue weighted by atomic mass is 16.3. The van der Waals surface area contributed by atoms with E-state index in [-0.39, 0.29) is 0 Å². The van der Waals surface area contributed by atoms with Crippen LogP contribution >= 0.6 is 0 Å². The molecule has 0 rings (SSSR count). The molecule has 6 nitrogen and oxygen atoms in total. The summed E-state index contributed by atoms with van der Waals surface area (Å²) in [5, 5.41) is 43.1. The van der Waals surface area contributed by atoms with E-state index in [1.165, 1.54) is 70.6 Å². The minimum absolute atomic E-state index is 0.355. The highest BCUT2D eigenvalue weighted by Gasteiger charge is 2.28. The Labute approximate surface area is 240 Å². The van der Waals surface area contributed by atoms with Gasteiger partial charge in [-0.15, -0.1) is 0 Å². The Bertz CT molecular complexity index is 595. The van der Waals surface area contributed by atoms with Crippen molar-refractivity contribution in [3.63, 3.8) is 0 Å². The molecule has 0 aromatic heterocycles. The molecule has 0 fully saturated rings. The van der Waals surface area contributed by atoms with Crippen LogP contribution < -0.4 is 5.32 Å². The highest BCUT2D eigenvalue weighted by molar-refractivity contribution is 5.80. The average Bonchev–Trinajstić information content (AvgIpc) is 2.94. The predicted octanol–water partition coefficient (Wildman–Crippen LogP) is 6.89. The lowest BCUT2D eigenvalue weighted by atomic mass is 10.00. The third kappa shape index (κ3) is 23.2. The highest BCUT2D eigenvalue weighted by Crippen LogP contribution is 2.13. The lowest BCUT2D eigenvalue weighted by Crippen LogP contribution is -2.53. The number of hydrogen-bond donors (Lipinski definition) is 5. The Morgan fingerprint density at radius 1 is 0.615 bits per heavy atom. The van der Waals surface area contributed by atoms with Gasteiger partial charge in [0.15, 0.2) is 0 Å². The van der Waals surface area contributed by atoms with E-state index in [0.717, 1.165) is 44.9 Å². The molecule has 39 heavy (non-hydrogen) atoms. The van der Waals surface area contributed by atoms with Crippen molar-refractivity contribution in [1.29, 1.82) is 0 Å². The molecule has 0 saturated heterocycles. The summed E-state index contributed by atoms with van der Waals surface area (Å²) in [5.74, 6) is -0.604. The van der Waals surface area contributed by atoms with Crippen LogP contribution in [-0.4, -0.2) is 57.3 Å². The molecule has 6 heteroatoms. The zero-order chi connectivity index (χ0) is 29.0. The minimum Gasteiger partial charge on any atom is -0.394 e. The van der Waals surface area contributed by atoms with Gasteiger partial charge in [-0.05, 0) is 64.2 Å². The molecule has 0 heterocycles. The number of carbonyl (C=O) groups is 1. The number of amides is 1. The molecule has 1 amide bonds. The largest absolute Gasteiger partial charge is 0.394 e. The molecule has 0 aromatic rings. The molecule has 0 radical (unpaired) electrons. The van der Waals surface area contributed by atoms with Crippen molar-refractivity contribution in [3.8, 4) is 0 Å². The summed E-state index contributed by atoms with van der Waals surface area (Å²) in [5.41, 5.74) is 0. The van der Waals surface area contributed by atoms with Gasteiger partial charge < -0.3 is 25.7 Å². The zero-order valence-electron chi connectivity index (χ0n) is 25.4. The monoisotopic (exact) mass is 553 g/mol. The van der Waals surface area contributed by atoms with E-state index in [4.69, 9.17) is 0 Å². The summed E-state index contributed by atoms with van der Waals surface area (Å²) in [6, 6.07) is -0.998. The van der Waals surface area contributed by atoms with Crippen LogP contribution in [0.4, 0.5) is 0 Å². The summed E-state index contributed by atoms with van der Waals surface area (Å²) in [6.45, 7) is 3.94. The molecule has 230 valence electrons. The smallest absolute Gasteiger partial charge is 0.249 e. The third-order valence-electron chi connectivity index (χ3n) is 7.38. The maximum Gasteiger partial charge on any atom is 0.249 e. The second-order valence-corrected chi connectivity index (χ2v) is 11.1. The van der Waals surface area contributed by atoms with Crippen molar-refractivity contribution in [1.82, 2.24) is 5.32 Å². The molecular formula is C33H63NO5. The molecule has 0 aromatic carbocycles. The van der Waals surface area contributed by atoms with Crippen molar-refractivity contribution in [2.24, 2.45) is 0 Å². The SMILES string of the molecule is CCCCCC/C=C\CCCCCCCCC(O)C(=O)NC(CO)C(O)C(O)CCC/C=C/CCCCCC. The summed E-state index contributed by atoms with van der Waals surface area (Å²) < 4.78 is 0. The first-order chi connectivity index (χ1) is 19.0. The van der Waals surface area contributed by atoms with Crippen molar-refractivity contribution in [2.45, 2.75) is 173 Å². The molecular weight excluding hydrogens is 490 g/mol. The number of aliphatic hydroxyl groups is 4. The third-order valence-corrected chi connectivity index (χ3v) is 7.38. The van der Waals surface area contributed by atoms with E-state index < -0.39 is 36.9 Å². The minimum atomic E-state index is -1.28. The maximum atomic E-state index is 12.4. The second-order valence-electron chi connectivity index (χ2n) is 11.1. The van der Waals surface area contributed by atoms with Gasteiger partial charge in [0.05, 0.1) is 18.8 Å². The fourth-order valence-electron chi connectivity index (χ4n) is 4.69. The number of hydrogen-bond acceptors (Lipinski definition) is 5. The van der Waals surface area contributed by atoms with Crippen LogP contribution in [0.2, 0.25) is 0 Å². The Kier molecular flexibility index (Phi) is 27.4. The molecule has 0 aliphatic carbocycles. The number of carbonyl (C=O) groups excluding carboxylic acids is 1.